The summed E-state index contributed by atoms with van der Waals surface area (Å²) in [5, 5.41) is 30.4. The lowest BCUT2D eigenvalue weighted by molar-refractivity contribution is -0.324. The highest BCUT2D eigenvalue weighted by Gasteiger charge is 2.74. The van der Waals surface area contributed by atoms with Crippen LogP contribution in [0, 0.1) is 40.4 Å². The van der Waals surface area contributed by atoms with E-state index in [0.717, 1.165) is 51.4 Å². The fourth-order valence-electron chi connectivity index (χ4n) is 10.9. The van der Waals surface area contributed by atoms with Crippen LogP contribution in [0.4, 0.5) is 0 Å². The molecule has 4 aliphatic carbocycles. The minimum Gasteiger partial charge on any atom is -0.435 e. The Hall–Kier alpha value is -0.810. The van der Waals surface area contributed by atoms with Crippen molar-refractivity contribution in [2.24, 2.45) is 46.2 Å². The number of aliphatic hydroxyl groups is 3. The first-order valence-electron chi connectivity index (χ1n) is 15.0. The predicted octanol–water partition coefficient (Wildman–Crippen LogP) is 1.84. The molecule has 7 aliphatic rings. The Morgan fingerprint density at radius 3 is 2.58 bits per heavy atom. The van der Waals surface area contributed by atoms with Gasteiger partial charge in [0.2, 0.25) is 6.29 Å². The zero-order valence-electron chi connectivity index (χ0n) is 22.7. The minimum absolute atomic E-state index is 0.0569. The molecule has 214 valence electrons. The van der Waals surface area contributed by atoms with Gasteiger partial charge in [-0.25, -0.2) is 0 Å². The van der Waals surface area contributed by atoms with Crippen LogP contribution in [0.2, 0.25) is 0 Å². The molecular weight excluding hydrogens is 490 g/mol. The van der Waals surface area contributed by atoms with E-state index in [9.17, 15) is 20.1 Å². The lowest BCUT2D eigenvalue weighted by Gasteiger charge is -2.67. The van der Waals surface area contributed by atoms with Gasteiger partial charge >= 0.3 is 5.97 Å². The Labute approximate surface area is 224 Å². The Morgan fingerprint density at radius 1 is 1.00 bits per heavy atom. The van der Waals surface area contributed by atoms with Crippen LogP contribution in [0.15, 0.2) is 0 Å². The molecule has 9 nitrogen and oxygen atoms in total. The van der Waals surface area contributed by atoms with Crippen molar-refractivity contribution >= 4 is 5.97 Å². The Morgan fingerprint density at radius 2 is 1.79 bits per heavy atom. The number of esters is 1. The number of carbonyl (C=O) groups is 1. The number of ether oxygens (including phenoxy) is 4. The van der Waals surface area contributed by atoms with E-state index in [0.29, 0.717) is 30.1 Å². The van der Waals surface area contributed by atoms with Gasteiger partial charge in [0.15, 0.2) is 6.29 Å². The highest BCUT2D eigenvalue weighted by Crippen LogP contribution is 2.74. The average Bonchev–Trinajstić information content (AvgIpc) is 3.35. The molecule has 0 radical (unpaired) electrons. The van der Waals surface area contributed by atoms with Gasteiger partial charge in [0.25, 0.3) is 0 Å². The summed E-state index contributed by atoms with van der Waals surface area (Å²) >= 11 is 0. The third-order valence-electron chi connectivity index (χ3n) is 12.9. The van der Waals surface area contributed by atoms with E-state index in [-0.39, 0.29) is 47.3 Å². The smallest absolute Gasteiger partial charge is 0.308 e. The van der Waals surface area contributed by atoms with Crippen molar-refractivity contribution < 1.29 is 39.1 Å². The normalized spacial score (nSPS) is 59.4. The molecule has 15 atom stereocenters. The third kappa shape index (κ3) is 3.39. The number of aliphatic hydroxyl groups excluding tert-OH is 3. The van der Waals surface area contributed by atoms with Crippen LogP contribution < -0.4 is 5.73 Å². The maximum Gasteiger partial charge on any atom is 0.308 e. The summed E-state index contributed by atoms with van der Waals surface area (Å²) in [6.45, 7) is 4.56. The second-order valence-electron chi connectivity index (χ2n) is 14.1. The van der Waals surface area contributed by atoms with Crippen LogP contribution in [-0.4, -0.2) is 76.5 Å². The molecule has 0 amide bonds. The van der Waals surface area contributed by atoms with E-state index >= 15 is 0 Å². The average molecular weight is 536 g/mol. The summed E-state index contributed by atoms with van der Waals surface area (Å²) in [4.78, 5) is 12.2. The minimum atomic E-state index is -1.14. The van der Waals surface area contributed by atoms with Crippen molar-refractivity contribution in [3.63, 3.8) is 0 Å². The van der Waals surface area contributed by atoms with E-state index in [2.05, 4.69) is 13.8 Å². The Balaban J connectivity index is 1.08. The van der Waals surface area contributed by atoms with Gasteiger partial charge in [-0.1, -0.05) is 13.8 Å². The molecule has 0 unspecified atom stereocenters. The number of hydrogen-bond acceptors (Lipinski definition) is 9. The van der Waals surface area contributed by atoms with Crippen LogP contribution in [0.1, 0.15) is 78.1 Å². The van der Waals surface area contributed by atoms with Crippen molar-refractivity contribution in [1.29, 1.82) is 0 Å². The van der Waals surface area contributed by atoms with Gasteiger partial charge in [-0.3, -0.25) is 4.79 Å². The van der Waals surface area contributed by atoms with Crippen LogP contribution in [-0.2, 0) is 23.7 Å². The number of fused-ring (bicyclic) bond motifs is 5. The molecule has 0 aromatic rings. The molecule has 9 heteroatoms. The summed E-state index contributed by atoms with van der Waals surface area (Å²) < 4.78 is 24.7. The van der Waals surface area contributed by atoms with Crippen LogP contribution >= 0.6 is 0 Å². The molecule has 3 heterocycles. The topological polar surface area (TPSA) is 141 Å². The van der Waals surface area contributed by atoms with Gasteiger partial charge in [0.1, 0.15) is 18.3 Å². The van der Waals surface area contributed by atoms with Crippen molar-refractivity contribution in [3.8, 4) is 0 Å². The second-order valence-corrected chi connectivity index (χ2v) is 14.1. The molecule has 0 aromatic carbocycles. The number of nitrogens with two attached hydrogens (primary N) is 1. The lowest BCUT2D eigenvalue weighted by atomic mass is 9.42. The molecule has 3 saturated heterocycles. The largest absolute Gasteiger partial charge is 0.435 e. The highest BCUT2D eigenvalue weighted by molar-refractivity contribution is 5.72. The Bertz CT molecular complexity index is 963. The molecule has 38 heavy (non-hydrogen) atoms. The zero-order valence-corrected chi connectivity index (χ0v) is 22.7. The molecule has 7 fully saturated rings. The fraction of sp³-hybridized carbons (Fsp3) is 0.966. The van der Waals surface area contributed by atoms with Gasteiger partial charge in [0, 0.05) is 11.3 Å². The second kappa shape index (κ2) is 8.84. The molecule has 7 rings (SSSR count). The van der Waals surface area contributed by atoms with Gasteiger partial charge < -0.3 is 40.0 Å². The van der Waals surface area contributed by atoms with E-state index in [4.69, 9.17) is 24.7 Å². The third-order valence-corrected chi connectivity index (χ3v) is 12.9. The van der Waals surface area contributed by atoms with Crippen molar-refractivity contribution in [1.82, 2.24) is 0 Å². The molecule has 0 spiro atoms. The van der Waals surface area contributed by atoms with E-state index in [1.54, 1.807) is 0 Å². The van der Waals surface area contributed by atoms with Crippen LogP contribution in [0.25, 0.3) is 0 Å². The van der Waals surface area contributed by atoms with E-state index < -0.39 is 30.6 Å². The number of rotatable bonds is 3. The summed E-state index contributed by atoms with van der Waals surface area (Å²) in [5.41, 5.74) is 6.12. The van der Waals surface area contributed by atoms with Crippen molar-refractivity contribution in [2.45, 2.75) is 127 Å². The maximum atomic E-state index is 12.2. The number of hydrogen-bond donors (Lipinski definition) is 4. The fourth-order valence-corrected chi connectivity index (χ4v) is 10.9. The van der Waals surface area contributed by atoms with Crippen LogP contribution in [0.3, 0.4) is 0 Å². The standard InChI is InChI=1S/C29H45NO8/c1-27-8-5-15(35-26-24(34)22(30)23(33)20(13-31)36-26)11-14(27)3-4-19-18(27)6-9-28(2)17-7-10-29(19,28)38-25-16(17)12-21(32)37-25/h14-20,22-26,31,33-34H,3-13,30H2,1-2H3/t14-,15+,16+,17-,18+,19-,20-,22+,23-,24+,25-,26+,27+,28-,29+/m1/s1. The zero-order chi connectivity index (χ0) is 26.6. The molecule has 0 aromatic heterocycles. The molecule has 4 saturated carbocycles. The van der Waals surface area contributed by atoms with Gasteiger partial charge in [-0.15, -0.1) is 0 Å². The monoisotopic (exact) mass is 535 g/mol. The Kier molecular flexibility index (Phi) is 6.08. The predicted molar refractivity (Wildman–Crippen MR) is 134 cm³/mol. The van der Waals surface area contributed by atoms with Crippen molar-refractivity contribution in [2.75, 3.05) is 6.61 Å². The van der Waals surface area contributed by atoms with Gasteiger partial charge in [-0.2, -0.15) is 0 Å². The SMILES string of the molecule is C[C@]12CC[C@H](O[C@H]3O[C@H](CO)[C@@H](O)[C@H](N)[C@@H]3O)C[C@H]1CC[C@@H]1[C@@H]2CC[C@]2(C)[C@@H]3CC[C@]12O[C@H]1OC(=O)C[C@H]13. The molecular formula is C29H45NO8. The van der Waals surface area contributed by atoms with Crippen LogP contribution in [0.5, 0.6) is 0 Å². The molecule has 3 aliphatic heterocycles. The maximum absolute atomic E-state index is 12.2. The lowest BCUT2D eigenvalue weighted by Crippen LogP contribution is -2.67. The van der Waals surface area contributed by atoms with E-state index in [1.165, 1.54) is 6.42 Å². The van der Waals surface area contributed by atoms with Crippen molar-refractivity contribution in [3.05, 3.63) is 0 Å². The molecule has 5 N–H and O–H groups in total. The first-order chi connectivity index (χ1) is 18.1. The first kappa shape index (κ1) is 26.1. The summed E-state index contributed by atoms with van der Waals surface area (Å²) in [6, 6.07) is -0.921. The molecule has 2 bridgehead atoms. The summed E-state index contributed by atoms with van der Waals surface area (Å²) in [7, 11) is 0. The van der Waals surface area contributed by atoms with E-state index in [1.807, 2.05) is 0 Å². The first-order valence-corrected chi connectivity index (χ1v) is 15.0. The highest BCUT2D eigenvalue weighted by atomic mass is 16.7. The summed E-state index contributed by atoms with van der Waals surface area (Å²) in [5.74, 6) is 2.20. The summed E-state index contributed by atoms with van der Waals surface area (Å²) in [6.07, 6.45) is 5.68. The number of carbonyl (C=O) groups excluding carboxylic acids is 1. The quantitative estimate of drug-likeness (QED) is 0.315. The van der Waals surface area contributed by atoms with Gasteiger partial charge in [-0.05, 0) is 86.9 Å². The van der Waals surface area contributed by atoms with Gasteiger partial charge in [0.05, 0.1) is 30.8 Å².